The van der Waals surface area contributed by atoms with Crippen LogP contribution < -0.4 is 5.32 Å². The van der Waals surface area contributed by atoms with Crippen molar-refractivity contribution in [2.75, 3.05) is 11.9 Å². The number of esters is 1. The van der Waals surface area contributed by atoms with Crippen LogP contribution in [0.1, 0.15) is 28.5 Å². The van der Waals surface area contributed by atoms with E-state index < -0.39 is 0 Å². The summed E-state index contributed by atoms with van der Waals surface area (Å²) in [5.41, 5.74) is 2.43. The molecule has 0 atom stereocenters. The van der Waals surface area contributed by atoms with Gasteiger partial charge in [0.05, 0.1) is 12.2 Å². The van der Waals surface area contributed by atoms with E-state index >= 15 is 0 Å². The summed E-state index contributed by atoms with van der Waals surface area (Å²) in [7, 11) is 0. The fourth-order valence-corrected chi connectivity index (χ4v) is 1.74. The Balaban J connectivity index is 2.03. The average molecular weight is 271 g/mol. The molecule has 20 heavy (non-hydrogen) atoms. The van der Waals surface area contributed by atoms with Crippen LogP contribution in [0.4, 0.5) is 5.95 Å². The highest BCUT2D eigenvalue weighted by Gasteiger charge is 2.06. The van der Waals surface area contributed by atoms with Crippen molar-refractivity contribution in [2.24, 2.45) is 0 Å². The highest BCUT2D eigenvalue weighted by atomic mass is 16.5. The molecular weight excluding hydrogens is 254 g/mol. The zero-order valence-corrected chi connectivity index (χ0v) is 11.6. The lowest BCUT2D eigenvalue weighted by atomic mass is 10.1. The van der Waals surface area contributed by atoms with Crippen LogP contribution in [-0.2, 0) is 11.3 Å². The number of hydrogen-bond acceptors (Lipinski definition) is 5. The standard InChI is InChI=1S/C15H17N3O2/c1-3-20-14(19)13-6-4-5-12(9-13)10-17-15-16-8-7-11(2)18-15/h4-9H,3,10H2,1-2H3,(H,16,17,18). The molecule has 5 nitrogen and oxygen atoms in total. The van der Waals surface area contributed by atoms with E-state index in [-0.39, 0.29) is 5.97 Å². The molecule has 0 saturated heterocycles. The fraction of sp³-hybridized carbons (Fsp3) is 0.267. The van der Waals surface area contributed by atoms with Gasteiger partial charge in [0, 0.05) is 18.4 Å². The zero-order chi connectivity index (χ0) is 14.4. The fourth-order valence-electron chi connectivity index (χ4n) is 1.74. The molecule has 2 aromatic rings. The zero-order valence-electron chi connectivity index (χ0n) is 11.6. The molecule has 1 heterocycles. The molecule has 0 radical (unpaired) electrons. The summed E-state index contributed by atoms with van der Waals surface area (Å²) in [5, 5.41) is 3.13. The summed E-state index contributed by atoms with van der Waals surface area (Å²) in [5.74, 6) is 0.271. The van der Waals surface area contributed by atoms with Crippen LogP contribution in [-0.4, -0.2) is 22.5 Å². The van der Waals surface area contributed by atoms with Crippen molar-refractivity contribution in [3.05, 3.63) is 53.3 Å². The Morgan fingerprint density at radius 3 is 2.95 bits per heavy atom. The van der Waals surface area contributed by atoms with E-state index in [2.05, 4.69) is 15.3 Å². The number of hydrogen-bond donors (Lipinski definition) is 1. The summed E-state index contributed by atoms with van der Waals surface area (Å²) >= 11 is 0. The SMILES string of the molecule is CCOC(=O)c1cccc(CNc2nccc(C)n2)c1. The molecule has 0 aliphatic carbocycles. The highest BCUT2D eigenvalue weighted by molar-refractivity contribution is 5.89. The Bertz CT molecular complexity index is 599. The molecular formula is C15H17N3O2. The number of rotatable bonds is 5. The van der Waals surface area contributed by atoms with Crippen molar-refractivity contribution in [1.82, 2.24) is 9.97 Å². The quantitative estimate of drug-likeness (QED) is 0.847. The average Bonchev–Trinajstić information content (AvgIpc) is 2.46. The minimum Gasteiger partial charge on any atom is -0.462 e. The van der Waals surface area contributed by atoms with Crippen LogP contribution >= 0.6 is 0 Å². The molecule has 0 aliphatic rings. The van der Waals surface area contributed by atoms with Gasteiger partial charge in [-0.15, -0.1) is 0 Å². The molecule has 1 aromatic carbocycles. The Morgan fingerprint density at radius 2 is 2.20 bits per heavy atom. The van der Waals surface area contributed by atoms with E-state index in [1.165, 1.54) is 0 Å². The van der Waals surface area contributed by atoms with Gasteiger partial charge in [-0.1, -0.05) is 12.1 Å². The number of benzene rings is 1. The molecule has 1 aromatic heterocycles. The molecule has 5 heteroatoms. The lowest BCUT2D eigenvalue weighted by molar-refractivity contribution is 0.0526. The minimum absolute atomic E-state index is 0.304. The van der Waals surface area contributed by atoms with Crippen LogP contribution in [0.15, 0.2) is 36.5 Å². The van der Waals surface area contributed by atoms with Crippen LogP contribution in [0.25, 0.3) is 0 Å². The second-order valence-corrected chi connectivity index (χ2v) is 4.30. The van der Waals surface area contributed by atoms with Crippen LogP contribution in [0, 0.1) is 6.92 Å². The first kappa shape index (κ1) is 14.0. The Kier molecular flexibility index (Phi) is 4.65. The number of carbonyl (C=O) groups excluding carboxylic acids is 1. The second-order valence-electron chi connectivity index (χ2n) is 4.30. The maximum absolute atomic E-state index is 11.6. The van der Waals surface area contributed by atoms with Gasteiger partial charge in [0.15, 0.2) is 0 Å². The Morgan fingerprint density at radius 1 is 1.35 bits per heavy atom. The van der Waals surface area contributed by atoms with Gasteiger partial charge in [0.2, 0.25) is 5.95 Å². The number of aryl methyl sites for hydroxylation is 1. The predicted molar refractivity (Wildman–Crippen MR) is 76.5 cm³/mol. The van der Waals surface area contributed by atoms with Crippen LogP contribution in [0.3, 0.4) is 0 Å². The molecule has 2 rings (SSSR count). The minimum atomic E-state index is -0.304. The molecule has 0 fully saturated rings. The summed E-state index contributed by atoms with van der Waals surface area (Å²) in [6.45, 7) is 4.63. The topological polar surface area (TPSA) is 64.1 Å². The van der Waals surface area contributed by atoms with E-state index in [1.807, 2.05) is 25.1 Å². The van der Waals surface area contributed by atoms with Gasteiger partial charge in [-0.05, 0) is 37.6 Å². The van der Waals surface area contributed by atoms with Gasteiger partial charge in [0.1, 0.15) is 0 Å². The molecule has 0 saturated carbocycles. The van der Waals surface area contributed by atoms with Crippen molar-refractivity contribution in [1.29, 1.82) is 0 Å². The molecule has 0 aliphatic heterocycles. The normalized spacial score (nSPS) is 10.1. The third kappa shape index (κ3) is 3.78. The summed E-state index contributed by atoms with van der Waals surface area (Å²) in [6.07, 6.45) is 1.71. The van der Waals surface area contributed by atoms with Crippen LogP contribution in [0.5, 0.6) is 0 Å². The van der Waals surface area contributed by atoms with E-state index in [0.29, 0.717) is 24.7 Å². The molecule has 0 bridgehead atoms. The summed E-state index contributed by atoms with van der Waals surface area (Å²) in [4.78, 5) is 20.0. The van der Waals surface area contributed by atoms with Crippen molar-refractivity contribution in [3.63, 3.8) is 0 Å². The van der Waals surface area contributed by atoms with Gasteiger partial charge >= 0.3 is 5.97 Å². The maximum Gasteiger partial charge on any atom is 0.338 e. The monoisotopic (exact) mass is 271 g/mol. The number of aromatic nitrogens is 2. The third-order valence-corrected chi connectivity index (χ3v) is 2.68. The highest BCUT2D eigenvalue weighted by Crippen LogP contribution is 2.09. The first-order valence-corrected chi connectivity index (χ1v) is 6.48. The second kappa shape index (κ2) is 6.65. The molecule has 0 unspecified atom stereocenters. The third-order valence-electron chi connectivity index (χ3n) is 2.68. The maximum atomic E-state index is 11.6. The Hall–Kier alpha value is -2.43. The van der Waals surface area contributed by atoms with E-state index in [4.69, 9.17) is 4.74 Å². The van der Waals surface area contributed by atoms with Gasteiger partial charge in [-0.3, -0.25) is 0 Å². The lowest BCUT2D eigenvalue weighted by Crippen LogP contribution is -2.07. The van der Waals surface area contributed by atoms with E-state index in [1.54, 1.807) is 25.3 Å². The number of ether oxygens (including phenoxy) is 1. The van der Waals surface area contributed by atoms with Crippen molar-refractivity contribution < 1.29 is 9.53 Å². The predicted octanol–water partition coefficient (Wildman–Crippen LogP) is 2.57. The molecule has 0 spiro atoms. The Labute approximate surface area is 118 Å². The van der Waals surface area contributed by atoms with Crippen molar-refractivity contribution >= 4 is 11.9 Å². The van der Waals surface area contributed by atoms with Gasteiger partial charge in [-0.2, -0.15) is 0 Å². The summed E-state index contributed by atoms with van der Waals surface area (Å²) in [6, 6.07) is 9.16. The van der Waals surface area contributed by atoms with E-state index in [0.717, 1.165) is 11.3 Å². The number of anilines is 1. The molecule has 0 amide bonds. The van der Waals surface area contributed by atoms with E-state index in [9.17, 15) is 4.79 Å². The molecule has 1 N–H and O–H groups in total. The van der Waals surface area contributed by atoms with Gasteiger partial charge in [-0.25, -0.2) is 14.8 Å². The number of nitrogens with zero attached hydrogens (tertiary/aromatic N) is 2. The summed E-state index contributed by atoms with van der Waals surface area (Å²) < 4.78 is 4.98. The first-order chi connectivity index (χ1) is 9.69. The first-order valence-electron chi connectivity index (χ1n) is 6.48. The lowest BCUT2D eigenvalue weighted by Gasteiger charge is -2.07. The number of nitrogens with one attached hydrogen (secondary N) is 1. The van der Waals surface area contributed by atoms with Gasteiger partial charge < -0.3 is 10.1 Å². The smallest absolute Gasteiger partial charge is 0.338 e. The number of carbonyl (C=O) groups is 1. The van der Waals surface area contributed by atoms with Crippen molar-refractivity contribution in [2.45, 2.75) is 20.4 Å². The van der Waals surface area contributed by atoms with Gasteiger partial charge in [0.25, 0.3) is 0 Å². The van der Waals surface area contributed by atoms with Crippen LogP contribution in [0.2, 0.25) is 0 Å². The largest absolute Gasteiger partial charge is 0.462 e. The molecule has 104 valence electrons. The van der Waals surface area contributed by atoms with Crippen molar-refractivity contribution in [3.8, 4) is 0 Å².